The van der Waals surface area contributed by atoms with Gasteiger partial charge in [-0.25, -0.2) is 14.4 Å². The highest BCUT2D eigenvalue weighted by atomic mass is 19.1. The number of piperidine rings is 1. The second-order valence-electron chi connectivity index (χ2n) is 7.78. The molecule has 1 aromatic carbocycles. The zero-order chi connectivity index (χ0) is 19.5. The topological polar surface area (TPSA) is 46.8 Å². The molecule has 1 fully saturated rings. The van der Waals surface area contributed by atoms with Crippen LogP contribution >= 0.6 is 0 Å². The number of nitrogens with zero attached hydrogens (tertiary/aromatic N) is 5. The molecular weight excluding hydrogens is 353 g/mol. The fraction of sp³-hybridized carbons (Fsp3) is 0.409. The lowest BCUT2D eigenvalue weighted by Crippen LogP contribution is -2.34. The Morgan fingerprint density at radius 1 is 1.07 bits per heavy atom. The number of imidazole rings is 1. The van der Waals surface area contributed by atoms with Crippen molar-refractivity contribution in [3.8, 4) is 5.82 Å². The molecule has 2 aromatic heterocycles. The van der Waals surface area contributed by atoms with Crippen LogP contribution in [0.3, 0.4) is 0 Å². The quantitative estimate of drug-likeness (QED) is 0.663. The molecule has 3 heterocycles. The van der Waals surface area contributed by atoms with E-state index in [1.54, 1.807) is 12.4 Å². The second kappa shape index (κ2) is 8.19. The summed E-state index contributed by atoms with van der Waals surface area (Å²) < 4.78 is 15.3. The molecule has 0 saturated carbocycles. The minimum atomic E-state index is -0.189. The molecule has 1 saturated heterocycles. The summed E-state index contributed by atoms with van der Waals surface area (Å²) >= 11 is 0. The second-order valence-corrected chi connectivity index (χ2v) is 7.78. The van der Waals surface area contributed by atoms with E-state index in [1.165, 1.54) is 12.1 Å². The zero-order valence-electron chi connectivity index (χ0n) is 16.4. The Labute approximate surface area is 165 Å². The lowest BCUT2D eigenvalue weighted by atomic mass is 9.93. The van der Waals surface area contributed by atoms with Crippen LogP contribution in [-0.4, -0.2) is 37.5 Å². The first-order valence-corrected chi connectivity index (χ1v) is 9.93. The summed E-state index contributed by atoms with van der Waals surface area (Å²) in [5, 5.41) is 0. The van der Waals surface area contributed by atoms with Gasteiger partial charge >= 0.3 is 0 Å². The van der Waals surface area contributed by atoms with E-state index in [4.69, 9.17) is 4.98 Å². The van der Waals surface area contributed by atoms with Gasteiger partial charge in [-0.15, -0.1) is 0 Å². The Morgan fingerprint density at radius 3 is 2.64 bits per heavy atom. The first-order chi connectivity index (χ1) is 13.6. The molecule has 28 heavy (non-hydrogen) atoms. The van der Waals surface area contributed by atoms with E-state index < -0.39 is 0 Å². The van der Waals surface area contributed by atoms with Crippen molar-refractivity contribution in [2.24, 2.45) is 0 Å². The highest BCUT2D eigenvalue weighted by Gasteiger charge is 2.26. The zero-order valence-corrected chi connectivity index (χ0v) is 16.4. The SMILES string of the molecule is CC(C)c1nccn1-c1nccnc1[C@@H]1CCCN(Cc2ccc(F)cc2)C1. The Kier molecular flexibility index (Phi) is 5.48. The third-order valence-electron chi connectivity index (χ3n) is 5.33. The predicted octanol–water partition coefficient (Wildman–Crippen LogP) is 4.30. The van der Waals surface area contributed by atoms with E-state index in [-0.39, 0.29) is 5.82 Å². The number of hydrogen-bond acceptors (Lipinski definition) is 4. The van der Waals surface area contributed by atoms with Crippen LogP contribution in [0.2, 0.25) is 0 Å². The lowest BCUT2D eigenvalue weighted by molar-refractivity contribution is 0.198. The van der Waals surface area contributed by atoms with Gasteiger partial charge in [-0.3, -0.25) is 14.5 Å². The summed E-state index contributed by atoms with van der Waals surface area (Å²) in [4.78, 5) is 16.3. The highest BCUT2D eigenvalue weighted by Crippen LogP contribution is 2.30. The molecule has 3 aromatic rings. The Morgan fingerprint density at radius 2 is 1.86 bits per heavy atom. The number of likely N-dealkylation sites (tertiary alicyclic amines) is 1. The van der Waals surface area contributed by atoms with Crippen LogP contribution in [0.1, 0.15) is 55.6 Å². The van der Waals surface area contributed by atoms with Crippen molar-refractivity contribution in [3.63, 3.8) is 0 Å². The first-order valence-electron chi connectivity index (χ1n) is 9.93. The number of halogens is 1. The minimum absolute atomic E-state index is 0.189. The largest absolute Gasteiger partial charge is 0.298 e. The van der Waals surface area contributed by atoms with Crippen LogP contribution in [0.5, 0.6) is 0 Å². The van der Waals surface area contributed by atoms with Gasteiger partial charge in [0.2, 0.25) is 0 Å². The molecule has 0 unspecified atom stereocenters. The fourth-order valence-corrected chi connectivity index (χ4v) is 4.01. The van der Waals surface area contributed by atoms with Crippen molar-refractivity contribution in [2.45, 2.75) is 45.1 Å². The summed E-state index contributed by atoms with van der Waals surface area (Å²) in [5.41, 5.74) is 2.17. The minimum Gasteiger partial charge on any atom is -0.298 e. The fourth-order valence-electron chi connectivity index (χ4n) is 4.01. The van der Waals surface area contributed by atoms with Crippen LogP contribution in [0.4, 0.5) is 4.39 Å². The van der Waals surface area contributed by atoms with Crippen molar-refractivity contribution in [3.05, 3.63) is 72.0 Å². The normalized spacial score (nSPS) is 17.9. The van der Waals surface area contributed by atoms with Crippen molar-refractivity contribution in [2.75, 3.05) is 13.1 Å². The Bertz CT molecular complexity index is 919. The number of benzene rings is 1. The van der Waals surface area contributed by atoms with Gasteiger partial charge in [0, 0.05) is 49.7 Å². The molecule has 6 heteroatoms. The summed E-state index contributed by atoms with van der Waals surface area (Å²) in [6, 6.07) is 6.80. The average molecular weight is 379 g/mol. The molecule has 0 radical (unpaired) electrons. The molecular formula is C22H26FN5. The van der Waals surface area contributed by atoms with E-state index in [9.17, 15) is 4.39 Å². The van der Waals surface area contributed by atoms with Gasteiger partial charge < -0.3 is 0 Å². The van der Waals surface area contributed by atoms with Crippen molar-refractivity contribution in [1.29, 1.82) is 0 Å². The maximum atomic E-state index is 13.2. The van der Waals surface area contributed by atoms with Gasteiger partial charge in [0.05, 0.1) is 5.69 Å². The maximum absolute atomic E-state index is 13.2. The van der Waals surface area contributed by atoms with E-state index in [1.807, 2.05) is 24.5 Å². The molecule has 0 bridgehead atoms. The third-order valence-corrected chi connectivity index (χ3v) is 5.33. The molecule has 5 nitrogen and oxygen atoms in total. The molecule has 0 spiro atoms. The maximum Gasteiger partial charge on any atom is 0.160 e. The first kappa shape index (κ1) is 18.7. The van der Waals surface area contributed by atoms with E-state index in [0.29, 0.717) is 11.8 Å². The van der Waals surface area contributed by atoms with Crippen LogP contribution < -0.4 is 0 Å². The Hall–Kier alpha value is -2.60. The summed E-state index contributed by atoms with van der Waals surface area (Å²) in [6.07, 6.45) is 9.55. The van der Waals surface area contributed by atoms with Gasteiger partial charge in [0.1, 0.15) is 11.6 Å². The van der Waals surface area contributed by atoms with Gasteiger partial charge in [-0.2, -0.15) is 0 Å². The summed E-state index contributed by atoms with van der Waals surface area (Å²) in [7, 11) is 0. The average Bonchev–Trinajstić information content (AvgIpc) is 3.20. The molecule has 1 aliphatic heterocycles. The van der Waals surface area contributed by atoms with Crippen LogP contribution in [0.15, 0.2) is 49.1 Å². The molecule has 1 atom stereocenters. The van der Waals surface area contributed by atoms with Gasteiger partial charge in [0.25, 0.3) is 0 Å². The number of rotatable bonds is 5. The molecule has 146 valence electrons. The van der Waals surface area contributed by atoms with Crippen LogP contribution in [0.25, 0.3) is 5.82 Å². The van der Waals surface area contributed by atoms with Gasteiger partial charge in [-0.1, -0.05) is 26.0 Å². The standard InChI is InChI=1S/C22H26FN5/c1-16(2)21-26-11-13-28(21)22-20(24-9-10-25-22)18-4-3-12-27(15-18)14-17-5-7-19(23)8-6-17/h5-11,13,16,18H,3-4,12,14-15H2,1-2H3/t18-/m1/s1. The van der Waals surface area contributed by atoms with Crippen molar-refractivity contribution in [1.82, 2.24) is 24.4 Å². The van der Waals surface area contributed by atoms with Gasteiger partial charge in [0.15, 0.2) is 5.82 Å². The van der Waals surface area contributed by atoms with Crippen LogP contribution in [-0.2, 0) is 6.54 Å². The van der Waals surface area contributed by atoms with Crippen molar-refractivity contribution >= 4 is 0 Å². The highest BCUT2D eigenvalue weighted by molar-refractivity contribution is 5.33. The lowest BCUT2D eigenvalue weighted by Gasteiger charge is -2.33. The van der Waals surface area contributed by atoms with E-state index in [0.717, 1.165) is 55.4 Å². The van der Waals surface area contributed by atoms with Gasteiger partial charge in [-0.05, 0) is 37.1 Å². The molecule has 1 aliphatic rings. The monoisotopic (exact) mass is 379 g/mol. The third kappa shape index (κ3) is 3.97. The molecule has 4 rings (SSSR count). The van der Waals surface area contributed by atoms with E-state index in [2.05, 4.69) is 33.3 Å². The van der Waals surface area contributed by atoms with Crippen molar-refractivity contribution < 1.29 is 4.39 Å². The predicted molar refractivity (Wildman–Crippen MR) is 107 cm³/mol. The smallest absolute Gasteiger partial charge is 0.160 e. The van der Waals surface area contributed by atoms with Crippen LogP contribution in [0, 0.1) is 5.82 Å². The number of hydrogen-bond donors (Lipinski definition) is 0. The molecule has 0 amide bonds. The van der Waals surface area contributed by atoms with E-state index >= 15 is 0 Å². The Balaban J connectivity index is 1.57. The molecule has 0 N–H and O–H groups in total. The molecule has 0 aliphatic carbocycles. The summed E-state index contributed by atoms with van der Waals surface area (Å²) in [6.45, 7) is 7.08. The number of aromatic nitrogens is 4. The summed E-state index contributed by atoms with van der Waals surface area (Å²) in [5.74, 6) is 2.33.